The largest absolute Gasteiger partial charge is 0.481 e. The van der Waals surface area contributed by atoms with Gasteiger partial charge in [0.05, 0.1) is 24.0 Å². The number of carboxylic acid groups (broad SMARTS) is 1. The summed E-state index contributed by atoms with van der Waals surface area (Å²) in [6.07, 6.45) is 4.72. The Balaban J connectivity index is 1.91. The van der Waals surface area contributed by atoms with Gasteiger partial charge in [0.1, 0.15) is 5.00 Å². The maximum Gasteiger partial charge on any atom is 0.341 e. The molecule has 0 spiro atoms. The smallest absolute Gasteiger partial charge is 0.341 e. The lowest BCUT2D eigenvalue weighted by molar-refractivity contribution is -0.146. The minimum atomic E-state index is -1.02. The highest BCUT2D eigenvalue weighted by Crippen LogP contribution is 2.41. The number of allylic oxidation sites excluding steroid dienone is 2. The van der Waals surface area contributed by atoms with Gasteiger partial charge in [-0.05, 0) is 50.5 Å². The summed E-state index contributed by atoms with van der Waals surface area (Å²) in [4.78, 5) is 38.2. The number of fused-ring (bicyclic) bond motifs is 1. The third kappa shape index (κ3) is 4.25. The van der Waals surface area contributed by atoms with Crippen molar-refractivity contribution in [3.8, 4) is 0 Å². The molecule has 0 unspecified atom stereocenters. The number of carbonyl (C=O) groups excluding carboxylic acids is 2. The van der Waals surface area contributed by atoms with Crippen LogP contribution in [0, 0.1) is 17.8 Å². The average Bonchev–Trinajstić information content (AvgIpc) is 2.98. The molecule has 0 bridgehead atoms. The molecule has 1 amide bonds. The lowest BCUT2D eigenvalue weighted by Crippen LogP contribution is -2.35. The molecule has 0 aromatic carbocycles. The summed E-state index contributed by atoms with van der Waals surface area (Å²) in [5, 5.41) is 13.2. The van der Waals surface area contributed by atoms with E-state index in [1.165, 1.54) is 11.3 Å². The molecule has 2 aliphatic carbocycles. The van der Waals surface area contributed by atoms with Crippen LogP contribution in [-0.4, -0.2) is 29.6 Å². The number of thiophene rings is 1. The van der Waals surface area contributed by atoms with Gasteiger partial charge < -0.3 is 15.2 Å². The van der Waals surface area contributed by atoms with E-state index in [4.69, 9.17) is 16.3 Å². The quantitative estimate of drug-likeness (QED) is 0.689. The van der Waals surface area contributed by atoms with Crippen molar-refractivity contribution in [3.05, 3.63) is 27.1 Å². The first-order valence-electron chi connectivity index (χ1n) is 9.51. The molecule has 6 nitrogen and oxygen atoms in total. The maximum absolute atomic E-state index is 12.9. The monoisotopic (exact) mass is 425 g/mol. The van der Waals surface area contributed by atoms with E-state index in [-0.39, 0.29) is 19.4 Å². The van der Waals surface area contributed by atoms with Crippen molar-refractivity contribution in [3.63, 3.8) is 0 Å². The Kier molecular flexibility index (Phi) is 6.45. The molecule has 1 aromatic rings. The molecule has 0 saturated carbocycles. The van der Waals surface area contributed by atoms with E-state index in [0.717, 1.165) is 29.7 Å². The molecule has 152 valence electrons. The van der Waals surface area contributed by atoms with Crippen molar-refractivity contribution < 1.29 is 24.2 Å². The number of nitrogens with one attached hydrogen (secondary N) is 1. The third-order valence-electron chi connectivity index (χ3n) is 5.37. The van der Waals surface area contributed by atoms with E-state index in [0.29, 0.717) is 21.5 Å². The van der Waals surface area contributed by atoms with Crippen LogP contribution in [-0.2, 0) is 27.2 Å². The topological polar surface area (TPSA) is 92.7 Å². The summed E-state index contributed by atoms with van der Waals surface area (Å²) in [6, 6.07) is 0. The molecular weight excluding hydrogens is 402 g/mol. The molecule has 28 heavy (non-hydrogen) atoms. The van der Waals surface area contributed by atoms with Crippen LogP contribution in [0.1, 0.15) is 53.9 Å². The number of amides is 1. The molecule has 2 N–H and O–H groups in total. The van der Waals surface area contributed by atoms with E-state index >= 15 is 0 Å². The molecule has 0 fully saturated rings. The fraction of sp³-hybridized carbons (Fsp3) is 0.550. The minimum Gasteiger partial charge on any atom is -0.481 e. The predicted octanol–water partition coefficient (Wildman–Crippen LogP) is 4.22. The van der Waals surface area contributed by atoms with E-state index in [9.17, 15) is 19.5 Å². The Morgan fingerprint density at radius 3 is 2.75 bits per heavy atom. The molecular formula is C20H24ClNO5S. The second-order valence-corrected chi connectivity index (χ2v) is 9.00. The van der Waals surface area contributed by atoms with E-state index in [2.05, 4.69) is 12.2 Å². The van der Waals surface area contributed by atoms with Crippen molar-refractivity contribution in [2.45, 2.75) is 46.0 Å². The Hall–Kier alpha value is -1.86. The lowest BCUT2D eigenvalue weighted by Gasteiger charge is -2.25. The molecule has 0 saturated heterocycles. The molecule has 8 heteroatoms. The summed E-state index contributed by atoms with van der Waals surface area (Å²) in [5.74, 6) is -3.04. The minimum absolute atomic E-state index is 0.182. The Bertz CT molecular complexity index is 831. The van der Waals surface area contributed by atoms with Gasteiger partial charge in [-0.25, -0.2) is 4.79 Å². The number of aliphatic carboxylic acids is 1. The average molecular weight is 426 g/mol. The van der Waals surface area contributed by atoms with Crippen LogP contribution in [0.25, 0.3) is 0 Å². The molecule has 1 heterocycles. The van der Waals surface area contributed by atoms with E-state index in [1.807, 2.05) is 0 Å². The van der Waals surface area contributed by atoms with Gasteiger partial charge in [-0.2, -0.15) is 0 Å². The van der Waals surface area contributed by atoms with Gasteiger partial charge in [-0.3, -0.25) is 9.59 Å². The Labute approximate surface area is 172 Å². The number of aryl methyl sites for hydroxylation is 1. The number of hydrogen-bond donors (Lipinski definition) is 2. The highest BCUT2D eigenvalue weighted by Gasteiger charge is 2.37. The van der Waals surface area contributed by atoms with Crippen LogP contribution in [0.4, 0.5) is 5.00 Å². The van der Waals surface area contributed by atoms with Gasteiger partial charge >= 0.3 is 11.9 Å². The SMILES string of the molecule is CCOC(=O)c1c(NC(=O)[C@H]2CC(Cl)=CC[C@H]2C(=O)O)sc2c1C[C@@H](C)CC2. The number of carboxylic acids is 1. The number of esters is 1. The van der Waals surface area contributed by atoms with E-state index < -0.39 is 29.7 Å². The molecule has 0 aliphatic heterocycles. The molecule has 3 atom stereocenters. The summed E-state index contributed by atoms with van der Waals surface area (Å²) in [6.45, 7) is 4.13. The fourth-order valence-electron chi connectivity index (χ4n) is 3.87. The van der Waals surface area contributed by atoms with Gasteiger partial charge in [0.25, 0.3) is 0 Å². The van der Waals surface area contributed by atoms with Crippen molar-refractivity contribution in [1.82, 2.24) is 0 Å². The van der Waals surface area contributed by atoms with Gasteiger partial charge in [0.15, 0.2) is 0 Å². The zero-order valence-electron chi connectivity index (χ0n) is 15.9. The highest BCUT2D eigenvalue weighted by atomic mass is 35.5. The van der Waals surface area contributed by atoms with E-state index in [1.54, 1.807) is 13.0 Å². The third-order valence-corrected chi connectivity index (χ3v) is 6.89. The van der Waals surface area contributed by atoms with Crippen molar-refractivity contribution in [2.24, 2.45) is 17.8 Å². The first kappa shape index (κ1) is 20.9. The number of halogens is 1. The zero-order chi connectivity index (χ0) is 20.4. The zero-order valence-corrected chi connectivity index (χ0v) is 17.5. The van der Waals surface area contributed by atoms with Crippen LogP contribution in [0.15, 0.2) is 11.1 Å². The predicted molar refractivity (Wildman–Crippen MR) is 108 cm³/mol. The summed E-state index contributed by atoms with van der Waals surface area (Å²) in [5.41, 5.74) is 1.37. The number of carbonyl (C=O) groups is 3. The van der Waals surface area contributed by atoms with Gasteiger partial charge in [-0.15, -0.1) is 11.3 Å². The first-order chi connectivity index (χ1) is 13.3. The van der Waals surface area contributed by atoms with Crippen molar-refractivity contribution in [2.75, 3.05) is 11.9 Å². The Morgan fingerprint density at radius 2 is 2.07 bits per heavy atom. The van der Waals surface area contributed by atoms with Gasteiger partial charge in [-0.1, -0.05) is 24.6 Å². The fourth-order valence-corrected chi connectivity index (χ4v) is 5.36. The van der Waals surface area contributed by atoms with Crippen LogP contribution in [0.3, 0.4) is 0 Å². The summed E-state index contributed by atoms with van der Waals surface area (Å²) in [7, 11) is 0. The van der Waals surface area contributed by atoms with Crippen LogP contribution >= 0.6 is 22.9 Å². The Morgan fingerprint density at radius 1 is 1.32 bits per heavy atom. The highest BCUT2D eigenvalue weighted by molar-refractivity contribution is 7.17. The first-order valence-corrected chi connectivity index (χ1v) is 10.7. The van der Waals surface area contributed by atoms with Gasteiger partial charge in [0, 0.05) is 9.91 Å². The molecule has 0 radical (unpaired) electrons. The van der Waals surface area contributed by atoms with Crippen LogP contribution in [0.5, 0.6) is 0 Å². The summed E-state index contributed by atoms with van der Waals surface area (Å²) >= 11 is 7.46. The van der Waals surface area contributed by atoms with Crippen LogP contribution in [0.2, 0.25) is 0 Å². The summed E-state index contributed by atoms with van der Waals surface area (Å²) < 4.78 is 5.22. The number of ether oxygens (including phenoxy) is 1. The van der Waals surface area contributed by atoms with Crippen molar-refractivity contribution in [1.29, 1.82) is 0 Å². The second-order valence-electron chi connectivity index (χ2n) is 7.41. The maximum atomic E-state index is 12.9. The van der Waals surface area contributed by atoms with Gasteiger partial charge in [0.2, 0.25) is 5.91 Å². The number of anilines is 1. The van der Waals surface area contributed by atoms with Crippen LogP contribution < -0.4 is 5.32 Å². The molecule has 3 rings (SSSR count). The lowest BCUT2D eigenvalue weighted by atomic mass is 9.82. The standard InChI is InChI=1S/C20H24ClNO5S/c1-3-27-20(26)16-14-8-10(2)4-7-15(14)28-18(16)22-17(23)13-9-11(21)5-6-12(13)19(24)25/h5,10,12-13H,3-4,6-9H2,1-2H3,(H,22,23)(H,24,25)/t10-,12+,13-/m0/s1. The van der Waals surface area contributed by atoms with Crippen molar-refractivity contribution >= 4 is 45.8 Å². The number of hydrogen-bond acceptors (Lipinski definition) is 5. The second kappa shape index (κ2) is 8.66. The molecule has 2 aliphatic rings. The normalized spacial score (nSPS) is 24.1. The number of rotatable bonds is 5. The molecule has 1 aromatic heterocycles.